The highest BCUT2D eigenvalue weighted by atomic mass is 35.5. The second kappa shape index (κ2) is 9.51. The molecule has 0 fully saturated rings. The number of nitrogens with zero attached hydrogens (tertiary/aromatic N) is 2. The van der Waals surface area contributed by atoms with E-state index in [-0.39, 0.29) is 24.1 Å². The Morgan fingerprint density at radius 3 is 2.56 bits per heavy atom. The van der Waals surface area contributed by atoms with Crippen molar-refractivity contribution in [3.8, 4) is 5.75 Å². The van der Waals surface area contributed by atoms with Gasteiger partial charge in [-0.05, 0) is 66.4 Å². The normalized spacial score (nSPS) is 21.4. The lowest BCUT2D eigenvalue weighted by molar-refractivity contribution is -0.134. The van der Waals surface area contributed by atoms with Gasteiger partial charge in [0.05, 0.1) is 25.6 Å². The largest absolute Gasteiger partial charge is 0.497 e. The Morgan fingerprint density at radius 2 is 1.82 bits per heavy atom. The summed E-state index contributed by atoms with van der Waals surface area (Å²) >= 11 is 6.14. The van der Waals surface area contributed by atoms with Crippen LogP contribution in [0.25, 0.3) is 0 Å². The summed E-state index contributed by atoms with van der Waals surface area (Å²) in [5.41, 5.74) is 4.39. The summed E-state index contributed by atoms with van der Waals surface area (Å²) in [6, 6.07) is 23.4. The number of carbonyl (C=O) groups excluding carboxylic acids is 1. The van der Waals surface area contributed by atoms with Crippen LogP contribution in [0.1, 0.15) is 41.6 Å². The van der Waals surface area contributed by atoms with Crippen LogP contribution in [0.2, 0.25) is 5.02 Å². The third-order valence-electron chi connectivity index (χ3n) is 6.63. The van der Waals surface area contributed by atoms with Gasteiger partial charge in [0, 0.05) is 17.1 Å². The standard InChI is InChI=1S/C28H27ClN2O3/c1-18-25(30-28(34-18)21-9-13-23(33-2)14-10-21)17-26(32)31-16-15-19-5-3-4-6-24(19)27(31)20-7-11-22(29)12-8-20/h3-14,18,25,27H,15-17H2,1-2H3. The molecule has 3 aromatic carbocycles. The van der Waals surface area contributed by atoms with Gasteiger partial charge in [0.2, 0.25) is 11.8 Å². The summed E-state index contributed by atoms with van der Waals surface area (Å²) in [5, 5.41) is 0.683. The van der Waals surface area contributed by atoms with Gasteiger partial charge in [-0.15, -0.1) is 0 Å². The predicted molar refractivity (Wildman–Crippen MR) is 134 cm³/mol. The van der Waals surface area contributed by atoms with E-state index in [1.165, 1.54) is 11.1 Å². The van der Waals surface area contributed by atoms with E-state index in [0.29, 0.717) is 23.9 Å². The molecule has 1 amide bonds. The number of hydrogen-bond acceptors (Lipinski definition) is 4. The van der Waals surface area contributed by atoms with Crippen LogP contribution in [0.3, 0.4) is 0 Å². The van der Waals surface area contributed by atoms with E-state index in [9.17, 15) is 4.79 Å². The topological polar surface area (TPSA) is 51.1 Å². The molecule has 5 rings (SSSR count). The fourth-order valence-corrected chi connectivity index (χ4v) is 4.89. The molecule has 3 atom stereocenters. The highest BCUT2D eigenvalue weighted by molar-refractivity contribution is 6.30. The molecule has 6 heteroatoms. The molecule has 2 heterocycles. The average molecular weight is 475 g/mol. The van der Waals surface area contributed by atoms with Gasteiger partial charge >= 0.3 is 0 Å². The minimum absolute atomic E-state index is 0.0784. The first kappa shape index (κ1) is 22.5. The number of amides is 1. The van der Waals surface area contributed by atoms with Crippen LogP contribution < -0.4 is 4.74 Å². The zero-order valence-corrected chi connectivity index (χ0v) is 20.0. The zero-order chi connectivity index (χ0) is 23.7. The van der Waals surface area contributed by atoms with Gasteiger partial charge < -0.3 is 14.4 Å². The molecule has 0 aromatic heterocycles. The van der Waals surface area contributed by atoms with Crippen LogP contribution in [0.5, 0.6) is 5.75 Å². The summed E-state index contributed by atoms with van der Waals surface area (Å²) in [4.78, 5) is 20.4. The molecule has 174 valence electrons. The quantitative estimate of drug-likeness (QED) is 0.494. The van der Waals surface area contributed by atoms with Crippen molar-refractivity contribution in [1.82, 2.24) is 4.90 Å². The summed E-state index contributed by atoms with van der Waals surface area (Å²) < 4.78 is 11.3. The first-order chi connectivity index (χ1) is 16.5. The first-order valence-electron chi connectivity index (χ1n) is 11.5. The van der Waals surface area contributed by atoms with Crippen molar-refractivity contribution < 1.29 is 14.3 Å². The molecule has 2 aliphatic heterocycles. The number of benzene rings is 3. The van der Waals surface area contributed by atoms with E-state index >= 15 is 0 Å². The van der Waals surface area contributed by atoms with Crippen molar-refractivity contribution in [2.45, 2.75) is 38.0 Å². The van der Waals surface area contributed by atoms with Gasteiger partial charge in [-0.25, -0.2) is 4.99 Å². The summed E-state index contributed by atoms with van der Waals surface area (Å²) in [6.07, 6.45) is 0.961. The molecule has 0 saturated carbocycles. The maximum atomic E-state index is 13.6. The Hall–Kier alpha value is -3.31. The average Bonchev–Trinajstić information content (AvgIpc) is 3.23. The highest BCUT2D eigenvalue weighted by Gasteiger charge is 2.36. The van der Waals surface area contributed by atoms with E-state index in [0.717, 1.165) is 23.3 Å². The number of ether oxygens (including phenoxy) is 2. The lowest BCUT2D eigenvalue weighted by Crippen LogP contribution is -2.42. The van der Waals surface area contributed by atoms with Gasteiger partial charge in [-0.2, -0.15) is 0 Å². The molecule has 0 N–H and O–H groups in total. The smallest absolute Gasteiger partial charge is 0.225 e. The van der Waals surface area contributed by atoms with Crippen molar-refractivity contribution in [2.24, 2.45) is 4.99 Å². The van der Waals surface area contributed by atoms with E-state index in [1.54, 1.807) is 7.11 Å². The zero-order valence-electron chi connectivity index (χ0n) is 19.3. The fourth-order valence-electron chi connectivity index (χ4n) is 4.76. The molecule has 2 aliphatic rings. The van der Waals surface area contributed by atoms with Gasteiger partial charge in [0.15, 0.2) is 0 Å². The predicted octanol–water partition coefficient (Wildman–Crippen LogP) is 5.45. The fraction of sp³-hybridized carbons (Fsp3) is 0.286. The van der Waals surface area contributed by atoms with Crippen LogP contribution in [-0.2, 0) is 16.0 Å². The van der Waals surface area contributed by atoms with Gasteiger partial charge in [0.25, 0.3) is 0 Å². The molecule has 0 saturated heterocycles. The maximum absolute atomic E-state index is 13.6. The number of fused-ring (bicyclic) bond motifs is 1. The van der Waals surface area contributed by atoms with E-state index in [4.69, 9.17) is 26.1 Å². The number of methoxy groups -OCH3 is 1. The summed E-state index contributed by atoms with van der Waals surface area (Å²) in [6.45, 7) is 2.64. The number of halogens is 1. The Morgan fingerprint density at radius 1 is 1.09 bits per heavy atom. The second-order valence-corrected chi connectivity index (χ2v) is 9.18. The number of carbonyl (C=O) groups is 1. The maximum Gasteiger partial charge on any atom is 0.225 e. The molecule has 5 nitrogen and oxygen atoms in total. The molecular formula is C28H27ClN2O3. The monoisotopic (exact) mass is 474 g/mol. The molecule has 0 radical (unpaired) electrons. The van der Waals surface area contributed by atoms with Gasteiger partial charge in [0.1, 0.15) is 11.9 Å². The number of rotatable bonds is 5. The van der Waals surface area contributed by atoms with E-state index in [2.05, 4.69) is 18.2 Å². The first-order valence-corrected chi connectivity index (χ1v) is 11.9. The number of aliphatic imine (C=N–C) groups is 1. The molecule has 0 spiro atoms. The van der Waals surface area contributed by atoms with Gasteiger partial charge in [-0.3, -0.25) is 4.79 Å². The van der Waals surface area contributed by atoms with Crippen molar-refractivity contribution in [3.05, 3.63) is 100 Å². The number of hydrogen-bond donors (Lipinski definition) is 0. The minimum atomic E-state index is -0.229. The summed E-state index contributed by atoms with van der Waals surface area (Å²) in [7, 11) is 1.64. The molecule has 34 heavy (non-hydrogen) atoms. The molecular weight excluding hydrogens is 448 g/mol. The van der Waals surface area contributed by atoms with Crippen LogP contribution in [-0.4, -0.2) is 42.5 Å². The Labute approximate surface area is 205 Å². The SMILES string of the molecule is COc1ccc(C2=NC(CC(=O)N3CCc4ccccc4C3c3ccc(Cl)cc3)C(C)O2)cc1. The lowest BCUT2D eigenvalue weighted by atomic mass is 9.87. The minimum Gasteiger partial charge on any atom is -0.497 e. The Balaban J connectivity index is 1.39. The Kier molecular flexibility index (Phi) is 6.29. The van der Waals surface area contributed by atoms with Crippen LogP contribution in [0, 0.1) is 0 Å². The third kappa shape index (κ3) is 4.40. The lowest BCUT2D eigenvalue weighted by Gasteiger charge is -2.38. The van der Waals surface area contributed by atoms with Crippen LogP contribution >= 0.6 is 11.6 Å². The molecule has 0 bridgehead atoms. The second-order valence-electron chi connectivity index (χ2n) is 8.75. The Bertz CT molecular complexity index is 1210. The van der Waals surface area contributed by atoms with E-state index in [1.807, 2.05) is 66.4 Å². The highest BCUT2D eigenvalue weighted by Crippen LogP contribution is 2.36. The van der Waals surface area contributed by atoms with Crippen molar-refractivity contribution in [1.29, 1.82) is 0 Å². The third-order valence-corrected chi connectivity index (χ3v) is 6.88. The molecule has 3 aromatic rings. The summed E-state index contributed by atoms with van der Waals surface area (Å²) in [5.74, 6) is 1.43. The molecule has 3 unspecified atom stereocenters. The van der Waals surface area contributed by atoms with Crippen LogP contribution in [0.15, 0.2) is 77.8 Å². The van der Waals surface area contributed by atoms with Gasteiger partial charge in [-0.1, -0.05) is 48.0 Å². The molecule has 0 aliphatic carbocycles. The van der Waals surface area contributed by atoms with Crippen LogP contribution in [0.4, 0.5) is 0 Å². The van der Waals surface area contributed by atoms with Crippen molar-refractivity contribution in [2.75, 3.05) is 13.7 Å². The van der Waals surface area contributed by atoms with Crippen molar-refractivity contribution in [3.63, 3.8) is 0 Å². The van der Waals surface area contributed by atoms with E-state index < -0.39 is 0 Å². The van der Waals surface area contributed by atoms with Crippen molar-refractivity contribution >= 4 is 23.4 Å².